The Hall–Kier alpha value is -2.80. The predicted octanol–water partition coefficient (Wildman–Crippen LogP) is 2.80. The van der Waals surface area contributed by atoms with Gasteiger partial charge in [-0.2, -0.15) is 0 Å². The summed E-state index contributed by atoms with van der Waals surface area (Å²) in [4.78, 5) is 23.7. The molecule has 26 heavy (non-hydrogen) atoms. The average molecular weight is 379 g/mol. The molecule has 136 valence electrons. The Morgan fingerprint density at radius 1 is 1.35 bits per heavy atom. The number of rotatable bonds is 5. The van der Waals surface area contributed by atoms with Crippen molar-refractivity contribution in [3.8, 4) is 5.75 Å². The molecule has 1 unspecified atom stereocenters. The second-order valence-corrected chi connectivity index (χ2v) is 6.09. The van der Waals surface area contributed by atoms with E-state index in [-0.39, 0.29) is 6.54 Å². The monoisotopic (exact) mass is 378 g/mol. The summed E-state index contributed by atoms with van der Waals surface area (Å²) in [7, 11) is 1.49. The summed E-state index contributed by atoms with van der Waals surface area (Å²) >= 11 is 6.01. The van der Waals surface area contributed by atoms with Gasteiger partial charge in [-0.25, -0.2) is 9.18 Å². The Labute approximate surface area is 154 Å². The molecule has 0 radical (unpaired) electrons. The molecule has 0 spiro atoms. The molecular formula is C18H16ClFN2O4. The van der Waals surface area contributed by atoms with Gasteiger partial charge in [0.25, 0.3) is 5.91 Å². The highest BCUT2D eigenvalue weighted by atomic mass is 35.5. The molecular weight excluding hydrogens is 363 g/mol. The molecule has 1 saturated heterocycles. The summed E-state index contributed by atoms with van der Waals surface area (Å²) in [6, 6.07) is 10.1. The summed E-state index contributed by atoms with van der Waals surface area (Å²) in [6.45, 7) is 0.0819. The van der Waals surface area contributed by atoms with Gasteiger partial charge in [-0.15, -0.1) is 0 Å². The number of hydrogen-bond acceptors (Lipinski definition) is 4. The van der Waals surface area contributed by atoms with Crippen LogP contribution < -0.4 is 15.4 Å². The lowest BCUT2D eigenvalue weighted by Crippen LogP contribution is -2.39. The van der Waals surface area contributed by atoms with Crippen molar-refractivity contribution in [3.63, 3.8) is 0 Å². The van der Waals surface area contributed by atoms with Crippen LogP contribution in [0.3, 0.4) is 0 Å². The molecule has 1 aliphatic rings. The maximum atomic E-state index is 13.3. The third-order valence-electron chi connectivity index (χ3n) is 3.97. The van der Waals surface area contributed by atoms with Crippen LogP contribution in [0.4, 0.5) is 9.18 Å². The van der Waals surface area contributed by atoms with Crippen LogP contribution in [0.2, 0.25) is 5.02 Å². The second kappa shape index (κ2) is 7.61. The van der Waals surface area contributed by atoms with Crippen LogP contribution in [0.25, 0.3) is 0 Å². The number of carbonyl (C=O) groups excluding carboxylic acids is 2. The average Bonchev–Trinajstić information content (AvgIpc) is 3.07. The molecule has 2 N–H and O–H groups in total. The van der Waals surface area contributed by atoms with E-state index >= 15 is 0 Å². The van der Waals surface area contributed by atoms with Crippen molar-refractivity contribution in [2.45, 2.75) is 12.1 Å². The van der Waals surface area contributed by atoms with E-state index < -0.39 is 30.0 Å². The molecule has 8 heteroatoms. The van der Waals surface area contributed by atoms with E-state index in [1.165, 1.54) is 19.2 Å². The summed E-state index contributed by atoms with van der Waals surface area (Å²) in [5, 5.41) is 5.73. The standard InChI is InChI=1S/C18H16ClFN2O4/c1-25-14-8-11(19)4-7-13(14)16(10-2-5-12(20)6-3-10)22-17(23)15-9-21-18(24)26-15/h2-8,15-16H,9H2,1H3,(H,21,24)(H,22,23)/t15-,16?/m0/s1. The smallest absolute Gasteiger partial charge is 0.408 e. The van der Waals surface area contributed by atoms with E-state index in [1.54, 1.807) is 30.3 Å². The zero-order chi connectivity index (χ0) is 18.7. The quantitative estimate of drug-likeness (QED) is 0.838. The third-order valence-corrected chi connectivity index (χ3v) is 4.21. The lowest BCUT2D eigenvalue weighted by molar-refractivity contribution is -0.128. The van der Waals surface area contributed by atoms with Gasteiger partial charge in [-0.05, 0) is 29.8 Å². The van der Waals surface area contributed by atoms with Gasteiger partial charge in [0, 0.05) is 10.6 Å². The normalized spacial score (nSPS) is 17.2. The van der Waals surface area contributed by atoms with Crippen LogP contribution in [0.1, 0.15) is 17.2 Å². The van der Waals surface area contributed by atoms with E-state index in [2.05, 4.69) is 10.6 Å². The zero-order valence-electron chi connectivity index (χ0n) is 13.8. The SMILES string of the molecule is COc1cc(Cl)ccc1C(NC(=O)[C@@H]1CNC(=O)O1)c1ccc(F)cc1. The fourth-order valence-electron chi connectivity index (χ4n) is 2.69. The predicted molar refractivity (Wildman–Crippen MR) is 92.7 cm³/mol. The summed E-state index contributed by atoms with van der Waals surface area (Å²) in [5.41, 5.74) is 1.27. The molecule has 0 aromatic heterocycles. The molecule has 0 saturated carbocycles. The van der Waals surface area contributed by atoms with Crippen LogP contribution in [0.15, 0.2) is 42.5 Å². The van der Waals surface area contributed by atoms with Gasteiger partial charge < -0.3 is 20.1 Å². The van der Waals surface area contributed by atoms with Crippen molar-refractivity contribution in [3.05, 3.63) is 64.4 Å². The topological polar surface area (TPSA) is 76.7 Å². The number of ether oxygens (including phenoxy) is 2. The third kappa shape index (κ3) is 3.88. The first-order valence-electron chi connectivity index (χ1n) is 7.81. The number of benzene rings is 2. The highest BCUT2D eigenvalue weighted by Crippen LogP contribution is 2.32. The van der Waals surface area contributed by atoms with Gasteiger partial charge in [0.2, 0.25) is 0 Å². The van der Waals surface area contributed by atoms with Gasteiger partial charge in [0.15, 0.2) is 6.10 Å². The van der Waals surface area contributed by atoms with E-state index in [0.717, 1.165) is 0 Å². The molecule has 6 nitrogen and oxygen atoms in total. The first-order chi connectivity index (χ1) is 12.5. The van der Waals surface area contributed by atoms with Gasteiger partial charge >= 0.3 is 6.09 Å². The number of amides is 2. The molecule has 1 aliphatic heterocycles. The lowest BCUT2D eigenvalue weighted by atomic mass is 9.97. The number of cyclic esters (lactones) is 1. The van der Waals surface area contributed by atoms with Gasteiger partial charge in [0.05, 0.1) is 19.7 Å². The van der Waals surface area contributed by atoms with Crippen LogP contribution in [0.5, 0.6) is 5.75 Å². The first-order valence-corrected chi connectivity index (χ1v) is 8.19. The van der Waals surface area contributed by atoms with Crippen LogP contribution in [-0.4, -0.2) is 31.8 Å². The van der Waals surface area contributed by atoms with E-state index in [9.17, 15) is 14.0 Å². The number of nitrogens with one attached hydrogen (secondary N) is 2. The lowest BCUT2D eigenvalue weighted by Gasteiger charge is -2.23. The Balaban J connectivity index is 1.95. The van der Waals surface area contributed by atoms with Gasteiger partial charge in [-0.3, -0.25) is 4.79 Å². The Kier molecular flexibility index (Phi) is 5.27. The number of alkyl carbamates (subject to hydrolysis) is 1. The fraction of sp³-hybridized carbons (Fsp3) is 0.222. The van der Waals surface area contributed by atoms with E-state index in [4.69, 9.17) is 21.1 Å². The van der Waals surface area contributed by atoms with Crippen molar-refractivity contribution in [1.29, 1.82) is 0 Å². The number of halogens is 2. The number of carbonyl (C=O) groups is 2. The molecule has 2 amide bonds. The van der Waals surface area contributed by atoms with Crippen molar-refractivity contribution in [2.75, 3.05) is 13.7 Å². The molecule has 1 heterocycles. The van der Waals surface area contributed by atoms with Crippen LogP contribution in [-0.2, 0) is 9.53 Å². The number of hydrogen-bond donors (Lipinski definition) is 2. The van der Waals surface area contributed by atoms with Crippen LogP contribution in [0, 0.1) is 5.82 Å². The Bertz CT molecular complexity index is 828. The number of methoxy groups -OCH3 is 1. The first kappa shape index (κ1) is 18.0. The molecule has 2 atom stereocenters. The highest BCUT2D eigenvalue weighted by molar-refractivity contribution is 6.30. The second-order valence-electron chi connectivity index (χ2n) is 5.65. The molecule has 2 aromatic rings. The van der Waals surface area contributed by atoms with Crippen molar-refractivity contribution >= 4 is 23.6 Å². The van der Waals surface area contributed by atoms with E-state index in [1.807, 2.05) is 0 Å². The highest BCUT2D eigenvalue weighted by Gasteiger charge is 2.32. The summed E-state index contributed by atoms with van der Waals surface area (Å²) < 4.78 is 23.6. The zero-order valence-corrected chi connectivity index (χ0v) is 14.5. The molecule has 0 bridgehead atoms. The van der Waals surface area contributed by atoms with Gasteiger partial charge in [0.1, 0.15) is 11.6 Å². The Morgan fingerprint density at radius 3 is 2.69 bits per heavy atom. The van der Waals surface area contributed by atoms with Crippen molar-refractivity contribution in [2.24, 2.45) is 0 Å². The maximum absolute atomic E-state index is 13.3. The van der Waals surface area contributed by atoms with Crippen LogP contribution >= 0.6 is 11.6 Å². The largest absolute Gasteiger partial charge is 0.496 e. The minimum atomic E-state index is -0.941. The maximum Gasteiger partial charge on any atom is 0.408 e. The fourth-order valence-corrected chi connectivity index (χ4v) is 2.85. The Morgan fingerprint density at radius 2 is 2.08 bits per heavy atom. The minimum Gasteiger partial charge on any atom is -0.496 e. The van der Waals surface area contributed by atoms with E-state index in [0.29, 0.717) is 21.9 Å². The molecule has 2 aromatic carbocycles. The van der Waals surface area contributed by atoms with Crippen molar-refractivity contribution in [1.82, 2.24) is 10.6 Å². The molecule has 0 aliphatic carbocycles. The van der Waals surface area contributed by atoms with Crippen molar-refractivity contribution < 1.29 is 23.5 Å². The molecule has 1 fully saturated rings. The van der Waals surface area contributed by atoms with Gasteiger partial charge in [-0.1, -0.05) is 29.8 Å². The minimum absolute atomic E-state index is 0.0819. The summed E-state index contributed by atoms with van der Waals surface area (Å²) in [5.74, 6) is -0.404. The molecule has 3 rings (SSSR count). The summed E-state index contributed by atoms with van der Waals surface area (Å²) in [6.07, 6.45) is -1.59.